The van der Waals surface area contributed by atoms with Gasteiger partial charge in [0.1, 0.15) is 5.82 Å². The molecular weight excluding hydrogens is 286 g/mol. The van der Waals surface area contributed by atoms with Crippen molar-refractivity contribution in [1.29, 1.82) is 0 Å². The minimum Gasteiger partial charge on any atom is -0.398 e. The third-order valence-corrected chi connectivity index (χ3v) is 4.51. The van der Waals surface area contributed by atoms with Crippen LogP contribution in [0.15, 0.2) is 30.6 Å². The van der Waals surface area contributed by atoms with Crippen LogP contribution in [0.1, 0.15) is 17.7 Å². The summed E-state index contributed by atoms with van der Waals surface area (Å²) in [6.45, 7) is 3.14. The fraction of sp³-hybridized carbons (Fsp3) is 0.222. The van der Waals surface area contributed by atoms with E-state index in [-0.39, 0.29) is 0 Å². The molecule has 3 aromatic rings. The Balaban J connectivity index is 1.92. The summed E-state index contributed by atoms with van der Waals surface area (Å²) in [7, 11) is 0. The van der Waals surface area contributed by atoms with Gasteiger partial charge < -0.3 is 16.8 Å². The van der Waals surface area contributed by atoms with Gasteiger partial charge in [0.05, 0.1) is 11.4 Å². The Morgan fingerprint density at radius 3 is 2.83 bits per heavy atom. The van der Waals surface area contributed by atoms with E-state index in [0.717, 1.165) is 47.0 Å². The van der Waals surface area contributed by atoms with Crippen molar-refractivity contribution in [2.24, 2.45) is 0 Å². The zero-order valence-corrected chi connectivity index (χ0v) is 13.1. The lowest BCUT2D eigenvalue weighted by Gasteiger charge is -2.21. The van der Waals surface area contributed by atoms with Crippen LogP contribution in [0.4, 0.5) is 17.2 Å². The van der Waals surface area contributed by atoms with E-state index in [9.17, 15) is 0 Å². The van der Waals surface area contributed by atoms with Crippen molar-refractivity contribution in [1.82, 2.24) is 9.97 Å². The van der Waals surface area contributed by atoms with E-state index in [2.05, 4.69) is 28.3 Å². The van der Waals surface area contributed by atoms with E-state index < -0.39 is 0 Å². The summed E-state index contributed by atoms with van der Waals surface area (Å²) in [4.78, 5) is 8.76. The van der Waals surface area contributed by atoms with Gasteiger partial charge in [-0.1, -0.05) is 0 Å². The number of nitrogens with zero attached hydrogens (tertiary/aromatic N) is 2. The largest absolute Gasteiger partial charge is 0.398 e. The van der Waals surface area contributed by atoms with Crippen molar-refractivity contribution in [2.45, 2.75) is 19.8 Å². The average molecular weight is 305 g/mol. The van der Waals surface area contributed by atoms with Crippen molar-refractivity contribution < 1.29 is 0 Å². The molecular formula is C18H19N5. The predicted octanol–water partition coefficient (Wildman–Crippen LogP) is 3.13. The first-order chi connectivity index (χ1) is 11.1. The Hall–Kier alpha value is -2.82. The summed E-state index contributed by atoms with van der Waals surface area (Å²) in [5.41, 5.74) is 18.4. The molecule has 4 rings (SSSR count). The van der Waals surface area contributed by atoms with Crippen LogP contribution in [0, 0.1) is 6.92 Å². The molecule has 0 bridgehead atoms. The lowest BCUT2D eigenvalue weighted by molar-refractivity contribution is 0.799. The summed E-state index contributed by atoms with van der Waals surface area (Å²) in [6, 6.07) is 5.94. The summed E-state index contributed by atoms with van der Waals surface area (Å²) < 4.78 is 0. The highest BCUT2D eigenvalue weighted by molar-refractivity contribution is 5.97. The third-order valence-electron chi connectivity index (χ3n) is 4.51. The number of aryl methyl sites for hydroxylation is 1. The zero-order chi connectivity index (χ0) is 16.0. The first-order valence-electron chi connectivity index (χ1n) is 7.81. The lowest BCUT2D eigenvalue weighted by atomic mass is 9.95. The second-order valence-corrected chi connectivity index (χ2v) is 6.04. The number of benzene rings is 1. The highest BCUT2D eigenvalue weighted by atomic mass is 14.9. The van der Waals surface area contributed by atoms with Crippen LogP contribution in [-0.4, -0.2) is 16.5 Å². The maximum atomic E-state index is 6.22. The molecule has 0 saturated carbocycles. The maximum absolute atomic E-state index is 6.22. The molecule has 0 spiro atoms. The number of pyridine rings is 2. The average Bonchev–Trinajstić information content (AvgIpc) is 2.55. The second-order valence-electron chi connectivity index (χ2n) is 6.04. The molecule has 0 atom stereocenters. The summed E-state index contributed by atoms with van der Waals surface area (Å²) in [6.07, 6.45) is 5.84. The fourth-order valence-corrected chi connectivity index (χ4v) is 3.30. The molecule has 1 aliphatic heterocycles. The summed E-state index contributed by atoms with van der Waals surface area (Å²) >= 11 is 0. The van der Waals surface area contributed by atoms with Crippen LogP contribution >= 0.6 is 0 Å². The van der Waals surface area contributed by atoms with Crippen LogP contribution in [0.3, 0.4) is 0 Å². The highest BCUT2D eigenvalue weighted by Gasteiger charge is 2.16. The van der Waals surface area contributed by atoms with Gasteiger partial charge in [-0.05, 0) is 54.5 Å². The van der Waals surface area contributed by atoms with Gasteiger partial charge in [0, 0.05) is 35.6 Å². The quantitative estimate of drug-likeness (QED) is 0.601. The minimum absolute atomic E-state index is 0.496. The molecule has 1 aliphatic rings. The minimum atomic E-state index is 0.496. The fourth-order valence-electron chi connectivity index (χ4n) is 3.30. The van der Waals surface area contributed by atoms with Crippen LogP contribution < -0.4 is 16.8 Å². The van der Waals surface area contributed by atoms with Crippen LogP contribution in [0.2, 0.25) is 0 Å². The van der Waals surface area contributed by atoms with Gasteiger partial charge in [-0.15, -0.1) is 0 Å². The van der Waals surface area contributed by atoms with Crippen molar-refractivity contribution in [2.75, 3.05) is 23.3 Å². The highest BCUT2D eigenvalue weighted by Crippen LogP contribution is 2.35. The van der Waals surface area contributed by atoms with E-state index in [0.29, 0.717) is 11.5 Å². The van der Waals surface area contributed by atoms with Gasteiger partial charge in [0.15, 0.2) is 0 Å². The van der Waals surface area contributed by atoms with E-state index >= 15 is 0 Å². The molecule has 0 unspecified atom stereocenters. The predicted molar refractivity (Wildman–Crippen MR) is 95.3 cm³/mol. The standard InChI is InChI=1S/C18H19N5/c1-10-13(8-22-16-3-2-4-21-18(10)16)11-5-12-7-17(20)23-9-14(12)15(19)6-11/h5-9,21H,2-4,19H2,1H3,(H2,20,23). The van der Waals surface area contributed by atoms with Crippen LogP contribution in [-0.2, 0) is 6.42 Å². The monoisotopic (exact) mass is 305 g/mol. The van der Waals surface area contributed by atoms with Gasteiger partial charge in [-0.3, -0.25) is 4.98 Å². The van der Waals surface area contributed by atoms with E-state index in [1.807, 2.05) is 18.3 Å². The van der Waals surface area contributed by atoms with Crippen LogP contribution in [0.25, 0.3) is 21.9 Å². The van der Waals surface area contributed by atoms with Gasteiger partial charge in [0.2, 0.25) is 0 Å². The summed E-state index contributed by atoms with van der Waals surface area (Å²) in [5, 5.41) is 5.40. The number of anilines is 3. The Bertz CT molecular complexity index is 917. The van der Waals surface area contributed by atoms with Gasteiger partial charge in [-0.2, -0.15) is 0 Å². The smallest absolute Gasteiger partial charge is 0.123 e. The van der Waals surface area contributed by atoms with Crippen molar-refractivity contribution in [3.05, 3.63) is 41.9 Å². The zero-order valence-electron chi connectivity index (χ0n) is 13.1. The van der Waals surface area contributed by atoms with Crippen molar-refractivity contribution in [3.8, 4) is 11.1 Å². The van der Waals surface area contributed by atoms with E-state index in [1.165, 1.54) is 11.3 Å². The van der Waals surface area contributed by atoms with Crippen molar-refractivity contribution >= 4 is 28.0 Å². The molecule has 2 aromatic heterocycles. The molecule has 0 fully saturated rings. The van der Waals surface area contributed by atoms with Crippen molar-refractivity contribution in [3.63, 3.8) is 0 Å². The molecule has 5 N–H and O–H groups in total. The number of aromatic nitrogens is 2. The molecule has 23 heavy (non-hydrogen) atoms. The van der Waals surface area contributed by atoms with E-state index in [4.69, 9.17) is 11.5 Å². The van der Waals surface area contributed by atoms with Gasteiger partial charge in [-0.25, -0.2) is 4.98 Å². The molecule has 0 amide bonds. The normalized spacial score (nSPS) is 13.6. The number of nitrogen functional groups attached to an aromatic ring is 2. The Kier molecular flexibility index (Phi) is 3.08. The molecule has 0 aliphatic carbocycles. The maximum Gasteiger partial charge on any atom is 0.123 e. The SMILES string of the molecule is Cc1c(-c2cc(N)c3cnc(N)cc3c2)cnc2c1NCCC2. The van der Waals surface area contributed by atoms with Crippen LogP contribution in [0.5, 0.6) is 0 Å². The molecule has 1 aromatic carbocycles. The number of hydrogen-bond donors (Lipinski definition) is 3. The van der Waals surface area contributed by atoms with E-state index in [1.54, 1.807) is 6.20 Å². The number of nitrogens with two attached hydrogens (primary N) is 2. The second kappa shape index (κ2) is 5.12. The molecule has 5 heteroatoms. The first kappa shape index (κ1) is 13.8. The molecule has 0 radical (unpaired) electrons. The molecule has 116 valence electrons. The summed E-state index contributed by atoms with van der Waals surface area (Å²) in [5.74, 6) is 0.496. The third kappa shape index (κ3) is 2.25. The number of hydrogen-bond acceptors (Lipinski definition) is 5. The molecule has 0 saturated heterocycles. The number of nitrogens with one attached hydrogen (secondary N) is 1. The number of rotatable bonds is 1. The molecule has 5 nitrogen and oxygen atoms in total. The van der Waals surface area contributed by atoms with Gasteiger partial charge in [0.25, 0.3) is 0 Å². The Morgan fingerprint density at radius 1 is 1.09 bits per heavy atom. The van der Waals surface area contributed by atoms with Gasteiger partial charge >= 0.3 is 0 Å². The Labute approximate surface area is 134 Å². The Morgan fingerprint density at radius 2 is 1.96 bits per heavy atom. The molecule has 3 heterocycles. The lowest BCUT2D eigenvalue weighted by Crippen LogP contribution is -2.14. The first-order valence-corrected chi connectivity index (χ1v) is 7.81. The topological polar surface area (TPSA) is 89.8 Å². The number of fused-ring (bicyclic) bond motifs is 2.